The number of rotatable bonds is 6. The van der Waals surface area contributed by atoms with Crippen LogP contribution in [0.2, 0.25) is 0 Å². The second-order valence-corrected chi connectivity index (χ2v) is 5.52. The second-order valence-electron chi connectivity index (χ2n) is 5.52. The molecule has 3 N–H and O–H groups in total. The van der Waals surface area contributed by atoms with Crippen LogP contribution in [0, 0.1) is 5.92 Å². The van der Waals surface area contributed by atoms with Crippen LogP contribution < -0.4 is 10.6 Å². The number of carboxylic acids is 1. The molecule has 1 amide bonds. The lowest BCUT2D eigenvalue weighted by Gasteiger charge is -2.23. The van der Waals surface area contributed by atoms with E-state index >= 15 is 0 Å². The minimum Gasteiger partial charge on any atom is -0.481 e. The van der Waals surface area contributed by atoms with Crippen LogP contribution in [0.1, 0.15) is 37.7 Å². The third kappa shape index (κ3) is 3.24. The highest BCUT2D eigenvalue weighted by Crippen LogP contribution is 2.38. The number of nitrogens with zero attached hydrogens (tertiary/aromatic N) is 1. The molecule has 2 atom stereocenters. The molecule has 0 saturated heterocycles. The fourth-order valence-electron chi connectivity index (χ4n) is 3.00. The topological polar surface area (TPSA) is 83.6 Å². The molecule has 2 rings (SSSR count). The van der Waals surface area contributed by atoms with E-state index in [9.17, 15) is 9.59 Å². The largest absolute Gasteiger partial charge is 0.481 e. The van der Waals surface area contributed by atoms with E-state index in [0.29, 0.717) is 13.1 Å². The zero-order chi connectivity index (χ0) is 15.4. The Balaban J connectivity index is 2.26. The highest BCUT2D eigenvalue weighted by atomic mass is 16.4. The summed E-state index contributed by atoms with van der Waals surface area (Å²) in [5, 5.41) is 9.04. The lowest BCUT2D eigenvalue weighted by molar-refractivity contribution is -0.137. The van der Waals surface area contributed by atoms with E-state index in [1.54, 1.807) is 4.90 Å². The summed E-state index contributed by atoms with van der Waals surface area (Å²) in [5.41, 5.74) is 7.50. The number of carbonyl (C=O) groups is 2. The molecule has 0 spiro atoms. The summed E-state index contributed by atoms with van der Waals surface area (Å²) in [7, 11) is 0. The molecule has 114 valence electrons. The van der Waals surface area contributed by atoms with Crippen molar-refractivity contribution in [1.29, 1.82) is 0 Å². The molecule has 5 nitrogen and oxygen atoms in total. The van der Waals surface area contributed by atoms with Crippen molar-refractivity contribution < 1.29 is 14.7 Å². The van der Waals surface area contributed by atoms with E-state index in [2.05, 4.69) is 0 Å². The van der Waals surface area contributed by atoms with E-state index < -0.39 is 5.97 Å². The molecule has 0 aromatic heterocycles. The lowest BCUT2D eigenvalue weighted by Crippen LogP contribution is -2.38. The van der Waals surface area contributed by atoms with Crippen LogP contribution in [0.3, 0.4) is 0 Å². The van der Waals surface area contributed by atoms with Gasteiger partial charge in [-0.1, -0.05) is 31.5 Å². The SMILES string of the molecule is CCCC(CN)C(=O)N1CC(CC(=O)O)c2ccccc21. The first-order valence-corrected chi connectivity index (χ1v) is 7.40. The van der Waals surface area contributed by atoms with Crippen molar-refractivity contribution in [2.45, 2.75) is 32.1 Å². The molecule has 1 aliphatic rings. The Morgan fingerprint density at radius 2 is 2.14 bits per heavy atom. The first kappa shape index (κ1) is 15.5. The van der Waals surface area contributed by atoms with Crippen LogP contribution >= 0.6 is 0 Å². The van der Waals surface area contributed by atoms with Gasteiger partial charge in [0.2, 0.25) is 5.91 Å². The maximum Gasteiger partial charge on any atom is 0.304 e. The van der Waals surface area contributed by atoms with Gasteiger partial charge in [-0.05, 0) is 18.1 Å². The Morgan fingerprint density at radius 3 is 2.76 bits per heavy atom. The lowest BCUT2D eigenvalue weighted by atomic mass is 9.98. The van der Waals surface area contributed by atoms with Crippen molar-refractivity contribution in [2.75, 3.05) is 18.0 Å². The third-order valence-electron chi connectivity index (χ3n) is 4.03. The number of hydrogen-bond acceptors (Lipinski definition) is 3. The molecular formula is C16H22N2O3. The summed E-state index contributed by atoms with van der Waals surface area (Å²) >= 11 is 0. The number of carbonyl (C=O) groups excluding carboxylic acids is 1. The van der Waals surface area contributed by atoms with Gasteiger partial charge >= 0.3 is 5.97 Å². The van der Waals surface area contributed by atoms with Crippen LogP contribution in [0.5, 0.6) is 0 Å². The molecule has 1 aromatic rings. The van der Waals surface area contributed by atoms with Crippen molar-refractivity contribution in [1.82, 2.24) is 0 Å². The van der Waals surface area contributed by atoms with Crippen molar-refractivity contribution in [2.24, 2.45) is 11.7 Å². The van der Waals surface area contributed by atoms with Gasteiger partial charge in [0, 0.05) is 24.7 Å². The Morgan fingerprint density at radius 1 is 1.43 bits per heavy atom. The van der Waals surface area contributed by atoms with Gasteiger partial charge < -0.3 is 15.7 Å². The molecular weight excluding hydrogens is 268 g/mol. The Labute approximate surface area is 124 Å². The number of aliphatic carboxylic acids is 1. The smallest absolute Gasteiger partial charge is 0.304 e. The number of fused-ring (bicyclic) bond motifs is 1. The van der Waals surface area contributed by atoms with Gasteiger partial charge in [-0.2, -0.15) is 0 Å². The molecule has 5 heteroatoms. The maximum absolute atomic E-state index is 12.7. The third-order valence-corrected chi connectivity index (χ3v) is 4.03. The quantitative estimate of drug-likeness (QED) is 0.839. The van der Waals surface area contributed by atoms with Crippen LogP contribution in [-0.2, 0) is 9.59 Å². The summed E-state index contributed by atoms with van der Waals surface area (Å²) in [6.07, 6.45) is 1.71. The highest BCUT2D eigenvalue weighted by molar-refractivity contribution is 5.97. The van der Waals surface area contributed by atoms with Crippen LogP contribution in [0.15, 0.2) is 24.3 Å². The number of benzene rings is 1. The number of hydrogen-bond donors (Lipinski definition) is 2. The van der Waals surface area contributed by atoms with E-state index in [-0.39, 0.29) is 24.2 Å². The average molecular weight is 290 g/mol. The normalized spacial score (nSPS) is 18.4. The van der Waals surface area contributed by atoms with Gasteiger partial charge in [-0.3, -0.25) is 9.59 Å². The number of carboxylic acid groups (broad SMARTS) is 1. The van der Waals surface area contributed by atoms with Gasteiger partial charge in [-0.25, -0.2) is 0 Å². The number of para-hydroxylation sites is 1. The first-order chi connectivity index (χ1) is 10.1. The van der Waals surface area contributed by atoms with Crippen molar-refractivity contribution >= 4 is 17.6 Å². The summed E-state index contributed by atoms with van der Waals surface area (Å²) in [4.78, 5) is 25.4. The Kier molecular flexibility index (Phi) is 4.96. The van der Waals surface area contributed by atoms with Gasteiger partial charge in [0.25, 0.3) is 0 Å². The van der Waals surface area contributed by atoms with E-state index in [1.165, 1.54) is 0 Å². The van der Waals surface area contributed by atoms with E-state index in [1.807, 2.05) is 31.2 Å². The number of amides is 1. The predicted molar refractivity (Wildman–Crippen MR) is 81.2 cm³/mol. The fourth-order valence-corrected chi connectivity index (χ4v) is 3.00. The molecule has 0 saturated carbocycles. The van der Waals surface area contributed by atoms with Crippen LogP contribution in [0.4, 0.5) is 5.69 Å². The minimum atomic E-state index is -0.840. The molecule has 0 aliphatic carbocycles. The average Bonchev–Trinajstić information content (AvgIpc) is 2.82. The minimum absolute atomic E-state index is 0.0136. The Bertz CT molecular complexity index is 530. The first-order valence-electron chi connectivity index (χ1n) is 7.40. The summed E-state index contributed by atoms with van der Waals surface area (Å²) in [5.74, 6) is -1.15. The molecule has 0 radical (unpaired) electrons. The Hall–Kier alpha value is -1.88. The van der Waals surface area contributed by atoms with Gasteiger partial charge in [0.05, 0.1) is 12.3 Å². The van der Waals surface area contributed by atoms with Crippen molar-refractivity contribution in [3.05, 3.63) is 29.8 Å². The summed E-state index contributed by atoms with van der Waals surface area (Å²) in [6.45, 7) is 2.79. The second kappa shape index (κ2) is 6.72. The van der Waals surface area contributed by atoms with Crippen molar-refractivity contribution in [3.63, 3.8) is 0 Å². The number of anilines is 1. The maximum atomic E-state index is 12.7. The highest BCUT2D eigenvalue weighted by Gasteiger charge is 2.35. The van der Waals surface area contributed by atoms with Gasteiger partial charge in [-0.15, -0.1) is 0 Å². The zero-order valence-corrected chi connectivity index (χ0v) is 12.3. The summed E-state index contributed by atoms with van der Waals surface area (Å²) in [6, 6.07) is 7.55. The predicted octanol–water partition coefficient (Wildman–Crippen LogP) is 1.97. The van der Waals surface area contributed by atoms with Crippen LogP contribution in [0.25, 0.3) is 0 Å². The number of nitrogens with two attached hydrogens (primary N) is 1. The van der Waals surface area contributed by atoms with Gasteiger partial charge in [0.1, 0.15) is 0 Å². The molecule has 1 aliphatic heterocycles. The summed E-state index contributed by atoms with van der Waals surface area (Å²) < 4.78 is 0. The molecule has 1 heterocycles. The molecule has 21 heavy (non-hydrogen) atoms. The van der Waals surface area contributed by atoms with Crippen LogP contribution in [-0.4, -0.2) is 30.1 Å². The van der Waals surface area contributed by atoms with Gasteiger partial charge in [0.15, 0.2) is 0 Å². The zero-order valence-electron chi connectivity index (χ0n) is 12.3. The van der Waals surface area contributed by atoms with Crippen molar-refractivity contribution in [3.8, 4) is 0 Å². The van der Waals surface area contributed by atoms with E-state index in [0.717, 1.165) is 24.1 Å². The molecule has 0 fully saturated rings. The molecule has 0 bridgehead atoms. The fraction of sp³-hybridized carbons (Fsp3) is 0.500. The standard InChI is InChI=1S/C16H22N2O3/c1-2-5-11(9-17)16(21)18-10-12(8-15(19)20)13-6-3-4-7-14(13)18/h3-4,6-7,11-12H,2,5,8-10,17H2,1H3,(H,19,20). The molecule has 1 aromatic carbocycles. The monoisotopic (exact) mass is 290 g/mol. The molecule has 2 unspecified atom stereocenters. The van der Waals surface area contributed by atoms with E-state index in [4.69, 9.17) is 10.8 Å².